The Morgan fingerprint density at radius 3 is 2.82 bits per heavy atom. The van der Waals surface area contributed by atoms with E-state index in [2.05, 4.69) is 25.7 Å². The van der Waals surface area contributed by atoms with E-state index >= 15 is 0 Å². The topological polar surface area (TPSA) is 76.7 Å². The van der Waals surface area contributed by atoms with E-state index in [0.717, 1.165) is 17.4 Å². The third-order valence-electron chi connectivity index (χ3n) is 5.88. The van der Waals surface area contributed by atoms with Crippen molar-refractivity contribution in [3.8, 4) is 5.75 Å². The van der Waals surface area contributed by atoms with Gasteiger partial charge in [0.05, 0.1) is 6.61 Å². The van der Waals surface area contributed by atoms with Crippen molar-refractivity contribution < 1.29 is 19.1 Å². The van der Waals surface area contributed by atoms with Gasteiger partial charge in [-0.05, 0) is 49.3 Å². The summed E-state index contributed by atoms with van der Waals surface area (Å²) >= 11 is 0. The van der Waals surface area contributed by atoms with Crippen LogP contribution < -0.4 is 10.4 Å². The Balaban J connectivity index is 1.81. The molecule has 0 amide bonds. The highest BCUT2D eigenvalue weighted by atomic mass is 16.5. The maximum atomic E-state index is 11.4. The Kier molecular flexibility index (Phi) is 5.73. The lowest BCUT2D eigenvalue weighted by Crippen LogP contribution is -2.40. The van der Waals surface area contributed by atoms with Gasteiger partial charge < -0.3 is 14.3 Å². The third-order valence-corrected chi connectivity index (χ3v) is 5.88. The van der Waals surface area contributed by atoms with Gasteiger partial charge in [0, 0.05) is 29.9 Å². The zero-order valence-corrected chi connectivity index (χ0v) is 16.3. The molecule has 2 aromatic rings. The summed E-state index contributed by atoms with van der Waals surface area (Å²) in [6.07, 6.45) is 5.80. The van der Waals surface area contributed by atoms with Gasteiger partial charge in [-0.15, -0.1) is 0 Å². The van der Waals surface area contributed by atoms with Crippen LogP contribution in [0.5, 0.6) is 5.75 Å². The SMILES string of the molecule is C=C(C)[C@H]1CC=C[C@H](COc2ccc3ccc(=O)oc3c2)[C@@]1(C)CCC(=O)O. The van der Waals surface area contributed by atoms with E-state index in [0.29, 0.717) is 24.4 Å². The number of carboxylic acids is 1. The Morgan fingerprint density at radius 1 is 1.36 bits per heavy atom. The average molecular weight is 382 g/mol. The molecule has 0 unspecified atom stereocenters. The van der Waals surface area contributed by atoms with Crippen LogP contribution in [-0.2, 0) is 4.79 Å². The summed E-state index contributed by atoms with van der Waals surface area (Å²) in [6.45, 7) is 8.69. The van der Waals surface area contributed by atoms with E-state index in [1.54, 1.807) is 12.1 Å². The molecule has 0 aliphatic heterocycles. The van der Waals surface area contributed by atoms with Gasteiger partial charge >= 0.3 is 11.6 Å². The zero-order chi connectivity index (χ0) is 20.3. The molecule has 0 bridgehead atoms. The zero-order valence-electron chi connectivity index (χ0n) is 16.3. The Hall–Kier alpha value is -2.82. The molecule has 1 aromatic carbocycles. The molecule has 5 heteroatoms. The number of aliphatic carboxylic acids is 1. The minimum Gasteiger partial charge on any atom is -0.493 e. The second-order valence-corrected chi connectivity index (χ2v) is 7.83. The van der Waals surface area contributed by atoms with Gasteiger partial charge in [-0.1, -0.05) is 31.2 Å². The molecule has 1 heterocycles. The lowest BCUT2D eigenvalue weighted by molar-refractivity contribution is -0.138. The highest BCUT2D eigenvalue weighted by molar-refractivity contribution is 5.77. The highest BCUT2D eigenvalue weighted by Gasteiger charge is 2.42. The number of hydrogen-bond acceptors (Lipinski definition) is 4. The smallest absolute Gasteiger partial charge is 0.336 e. The van der Waals surface area contributed by atoms with Crippen LogP contribution in [-0.4, -0.2) is 17.7 Å². The molecule has 1 N–H and O–H groups in total. The first-order valence-electron chi connectivity index (χ1n) is 9.50. The summed E-state index contributed by atoms with van der Waals surface area (Å²) in [6, 6.07) is 8.52. The Morgan fingerprint density at radius 2 is 2.11 bits per heavy atom. The lowest BCUT2D eigenvalue weighted by Gasteiger charge is -2.45. The van der Waals surface area contributed by atoms with Gasteiger partial charge in [0.25, 0.3) is 0 Å². The second-order valence-electron chi connectivity index (χ2n) is 7.83. The van der Waals surface area contributed by atoms with E-state index in [-0.39, 0.29) is 23.7 Å². The van der Waals surface area contributed by atoms with Gasteiger partial charge in [0.2, 0.25) is 0 Å². The van der Waals surface area contributed by atoms with E-state index < -0.39 is 11.6 Å². The summed E-state index contributed by atoms with van der Waals surface area (Å²) < 4.78 is 11.3. The number of allylic oxidation sites excluding steroid dienone is 2. The first kappa shape index (κ1) is 19.9. The fourth-order valence-electron chi connectivity index (χ4n) is 4.19. The van der Waals surface area contributed by atoms with Crippen LogP contribution in [0.15, 0.2) is 63.8 Å². The Bertz CT molecular complexity index is 970. The molecule has 0 saturated heterocycles. The van der Waals surface area contributed by atoms with Crippen molar-refractivity contribution in [2.75, 3.05) is 6.61 Å². The van der Waals surface area contributed by atoms with Crippen molar-refractivity contribution in [1.29, 1.82) is 0 Å². The van der Waals surface area contributed by atoms with Crippen LogP contribution >= 0.6 is 0 Å². The summed E-state index contributed by atoms with van der Waals surface area (Å²) in [7, 11) is 0. The van der Waals surface area contributed by atoms with Crippen LogP contribution in [0.4, 0.5) is 0 Å². The summed E-state index contributed by atoms with van der Waals surface area (Å²) in [5.41, 5.74) is 0.903. The molecule has 3 rings (SSSR count). The predicted molar refractivity (Wildman–Crippen MR) is 109 cm³/mol. The lowest BCUT2D eigenvalue weighted by atomic mass is 9.60. The number of benzene rings is 1. The average Bonchev–Trinajstić information content (AvgIpc) is 2.65. The maximum Gasteiger partial charge on any atom is 0.336 e. The minimum absolute atomic E-state index is 0.0563. The van der Waals surface area contributed by atoms with Gasteiger partial charge in [0.15, 0.2) is 0 Å². The van der Waals surface area contributed by atoms with E-state index in [4.69, 9.17) is 9.15 Å². The second kappa shape index (κ2) is 8.05. The molecular weight excluding hydrogens is 356 g/mol. The largest absolute Gasteiger partial charge is 0.493 e. The van der Waals surface area contributed by atoms with Crippen molar-refractivity contribution in [1.82, 2.24) is 0 Å². The van der Waals surface area contributed by atoms with Gasteiger partial charge in [-0.2, -0.15) is 0 Å². The summed E-state index contributed by atoms with van der Waals surface area (Å²) in [4.78, 5) is 22.6. The first-order chi connectivity index (χ1) is 13.3. The van der Waals surface area contributed by atoms with Gasteiger partial charge in [-0.3, -0.25) is 4.79 Å². The van der Waals surface area contributed by atoms with E-state index in [1.807, 2.05) is 19.1 Å². The van der Waals surface area contributed by atoms with Crippen LogP contribution in [0.3, 0.4) is 0 Å². The maximum absolute atomic E-state index is 11.4. The van der Waals surface area contributed by atoms with Crippen molar-refractivity contribution in [2.24, 2.45) is 17.3 Å². The van der Waals surface area contributed by atoms with Gasteiger partial charge in [0.1, 0.15) is 11.3 Å². The fraction of sp³-hybridized carbons (Fsp3) is 0.391. The monoisotopic (exact) mass is 382 g/mol. The molecule has 1 aromatic heterocycles. The van der Waals surface area contributed by atoms with Crippen molar-refractivity contribution in [2.45, 2.75) is 33.1 Å². The standard InChI is InChI=1S/C23H26O5/c1-15(2)19-6-4-5-17(23(19,3)12-11-21(24)25)14-27-18-9-7-16-8-10-22(26)28-20(16)13-18/h4-5,7-10,13,17,19H,1,6,11-12,14H2,2-3H3,(H,24,25)/t17-,19-,23-/m1/s1. The quantitative estimate of drug-likeness (QED) is 0.549. The van der Waals surface area contributed by atoms with Crippen LogP contribution in [0.25, 0.3) is 11.0 Å². The van der Waals surface area contributed by atoms with Crippen molar-refractivity contribution in [3.63, 3.8) is 0 Å². The van der Waals surface area contributed by atoms with Crippen molar-refractivity contribution >= 4 is 16.9 Å². The van der Waals surface area contributed by atoms with E-state index in [9.17, 15) is 14.7 Å². The van der Waals surface area contributed by atoms with Crippen molar-refractivity contribution in [3.05, 3.63) is 65.1 Å². The fourth-order valence-corrected chi connectivity index (χ4v) is 4.19. The molecule has 148 valence electrons. The number of ether oxygens (including phenoxy) is 1. The van der Waals surface area contributed by atoms with Crippen LogP contribution in [0, 0.1) is 17.3 Å². The number of fused-ring (bicyclic) bond motifs is 1. The number of carboxylic acid groups (broad SMARTS) is 1. The van der Waals surface area contributed by atoms with E-state index in [1.165, 1.54) is 6.07 Å². The molecule has 0 fully saturated rings. The third kappa shape index (κ3) is 4.19. The number of hydrogen-bond donors (Lipinski definition) is 1. The summed E-state index contributed by atoms with van der Waals surface area (Å²) in [5, 5.41) is 10.0. The molecule has 0 radical (unpaired) electrons. The molecule has 3 atom stereocenters. The normalized spacial score (nSPS) is 24.2. The molecule has 0 saturated carbocycles. The van der Waals surface area contributed by atoms with Gasteiger partial charge in [-0.25, -0.2) is 4.79 Å². The first-order valence-corrected chi connectivity index (χ1v) is 9.50. The van der Waals surface area contributed by atoms with Crippen LogP contribution in [0.2, 0.25) is 0 Å². The number of rotatable bonds is 7. The summed E-state index contributed by atoms with van der Waals surface area (Å²) in [5.74, 6) is 0.0922. The molecule has 28 heavy (non-hydrogen) atoms. The minimum atomic E-state index is -0.791. The predicted octanol–water partition coefficient (Wildman–Crippen LogP) is 4.81. The molecule has 1 aliphatic carbocycles. The molecule has 5 nitrogen and oxygen atoms in total. The highest BCUT2D eigenvalue weighted by Crippen LogP contribution is 2.48. The molecular formula is C23H26O5. The van der Waals surface area contributed by atoms with Crippen LogP contribution in [0.1, 0.15) is 33.1 Å². The number of carbonyl (C=O) groups is 1. The molecule has 0 spiro atoms. The Labute approximate surface area is 164 Å². The molecule has 1 aliphatic rings.